The molecule has 0 atom stereocenters. The number of anilines is 1. The van der Waals surface area contributed by atoms with E-state index in [9.17, 15) is 0 Å². The first-order valence-corrected chi connectivity index (χ1v) is 14.6. The van der Waals surface area contributed by atoms with E-state index in [1.807, 2.05) is 24.4 Å². The summed E-state index contributed by atoms with van der Waals surface area (Å²) in [6.45, 7) is 8.57. The Morgan fingerprint density at radius 3 is 2.40 bits per heavy atom. The van der Waals surface area contributed by atoms with Crippen LogP contribution >= 0.6 is 0 Å². The molecule has 5 heteroatoms. The van der Waals surface area contributed by atoms with Crippen LogP contribution in [0.4, 0.5) is 11.4 Å². The minimum atomic E-state index is 0.0249. The lowest BCUT2D eigenvalue weighted by atomic mass is 9.88. The molecule has 0 N–H and O–H groups in total. The van der Waals surface area contributed by atoms with Gasteiger partial charge in [0, 0.05) is 40.8 Å². The van der Waals surface area contributed by atoms with Crippen molar-refractivity contribution in [2.24, 2.45) is 0 Å². The number of benzene rings is 4. The van der Waals surface area contributed by atoms with E-state index < -0.39 is 0 Å². The van der Waals surface area contributed by atoms with Crippen molar-refractivity contribution in [3.05, 3.63) is 121 Å². The van der Waals surface area contributed by atoms with Gasteiger partial charge in [-0.3, -0.25) is 4.57 Å². The standard InChI is InChI=1S/C37H34N4O/c1-37(2,3)27-19-20-38-36(23-27)41-34-16-8-7-15-32(34)33-18-17-31(25-35(33)41)42-30-14-9-13-29(24-30)40-22-10-21-39(26-40)28-11-5-4-6-12-28/h4-9,11-20,23-25H,10,21-22H2,1-3H3. The molecule has 4 aromatic carbocycles. The molecule has 0 saturated heterocycles. The van der Waals surface area contributed by atoms with E-state index in [-0.39, 0.29) is 5.41 Å². The van der Waals surface area contributed by atoms with Crippen molar-refractivity contribution in [3.8, 4) is 17.3 Å². The van der Waals surface area contributed by atoms with E-state index in [1.54, 1.807) is 0 Å². The molecule has 5 nitrogen and oxygen atoms in total. The van der Waals surface area contributed by atoms with E-state index in [0.29, 0.717) is 0 Å². The summed E-state index contributed by atoms with van der Waals surface area (Å²) in [4.78, 5) is 6.99. The highest BCUT2D eigenvalue weighted by atomic mass is 16.5. The lowest BCUT2D eigenvalue weighted by Gasteiger charge is -2.27. The quantitative estimate of drug-likeness (QED) is 0.159. The fourth-order valence-electron chi connectivity index (χ4n) is 5.73. The molecule has 6 aromatic rings. The number of fused-ring (bicyclic) bond motifs is 3. The zero-order valence-electron chi connectivity index (χ0n) is 24.3. The third-order valence-corrected chi connectivity index (χ3v) is 7.92. The zero-order valence-corrected chi connectivity index (χ0v) is 24.3. The third kappa shape index (κ3) is 4.92. The molecule has 3 heterocycles. The Hall–Kier alpha value is -4.90. The van der Waals surface area contributed by atoms with Gasteiger partial charge in [-0.2, -0.15) is 0 Å². The SMILES string of the molecule is CC(C)(C)c1ccnc(-n2c3ccccc3c3ccc(Oc4cccc(N5[C-]=[N+](c6ccccc6)CCC5)c4)cc32)c1. The zero-order chi connectivity index (χ0) is 28.7. The van der Waals surface area contributed by atoms with E-state index in [0.717, 1.165) is 59.2 Å². The van der Waals surface area contributed by atoms with E-state index in [2.05, 4.69) is 132 Å². The summed E-state index contributed by atoms with van der Waals surface area (Å²) < 4.78 is 10.9. The average Bonchev–Trinajstić information content (AvgIpc) is 3.35. The van der Waals surface area contributed by atoms with Gasteiger partial charge in [-0.05, 0) is 53.4 Å². The van der Waals surface area contributed by atoms with Crippen LogP contribution < -0.4 is 9.64 Å². The molecule has 0 unspecified atom stereocenters. The van der Waals surface area contributed by atoms with Crippen molar-refractivity contribution in [1.29, 1.82) is 0 Å². The fraction of sp³-hybridized carbons (Fsp3) is 0.189. The number of hydrogen-bond donors (Lipinski definition) is 0. The van der Waals surface area contributed by atoms with Crippen LogP contribution in [0.3, 0.4) is 0 Å². The molecular formula is C37H34N4O. The molecule has 208 valence electrons. The Kier molecular flexibility index (Phi) is 6.50. The number of rotatable bonds is 5. The van der Waals surface area contributed by atoms with Crippen molar-refractivity contribution < 1.29 is 9.31 Å². The number of pyridine rings is 1. The molecule has 2 aromatic heterocycles. The first-order chi connectivity index (χ1) is 20.4. The summed E-state index contributed by atoms with van der Waals surface area (Å²) in [5.74, 6) is 2.49. The number of hydrogen-bond acceptors (Lipinski definition) is 3. The highest BCUT2D eigenvalue weighted by molar-refractivity contribution is 6.09. The Balaban J connectivity index is 1.25. The predicted molar refractivity (Wildman–Crippen MR) is 172 cm³/mol. The lowest BCUT2D eigenvalue weighted by Crippen LogP contribution is -2.34. The molecule has 0 spiro atoms. The van der Waals surface area contributed by atoms with Gasteiger partial charge in [0.05, 0.1) is 24.1 Å². The first-order valence-electron chi connectivity index (χ1n) is 14.6. The highest BCUT2D eigenvalue weighted by Gasteiger charge is 2.19. The van der Waals surface area contributed by atoms with Crippen molar-refractivity contribution in [3.63, 3.8) is 0 Å². The Morgan fingerprint density at radius 1 is 0.762 bits per heavy atom. The second-order valence-corrected chi connectivity index (χ2v) is 11.9. The summed E-state index contributed by atoms with van der Waals surface area (Å²) in [7, 11) is 0. The van der Waals surface area contributed by atoms with Crippen molar-refractivity contribution >= 4 is 39.5 Å². The van der Waals surface area contributed by atoms with Crippen molar-refractivity contribution in [2.75, 3.05) is 18.0 Å². The molecule has 7 rings (SSSR count). The topological polar surface area (TPSA) is 33.3 Å². The molecule has 0 radical (unpaired) electrons. The summed E-state index contributed by atoms with van der Waals surface area (Å²) in [6.07, 6.45) is 6.52. The van der Waals surface area contributed by atoms with Gasteiger partial charge >= 0.3 is 0 Å². The van der Waals surface area contributed by atoms with Gasteiger partial charge in [-0.1, -0.05) is 81.4 Å². The molecular weight excluding hydrogens is 516 g/mol. The molecule has 0 bridgehead atoms. The van der Waals surface area contributed by atoms with E-state index in [1.165, 1.54) is 16.3 Å². The summed E-state index contributed by atoms with van der Waals surface area (Å²) in [6, 6.07) is 37.9. The Bertz CT molecular complexity index is 1930. The fourth-order valence-corrected chi connectivity index (χ4v) is 5.73. The van der Waals surface area contributed by atoms with E-state index >= 15 is 0 Å². The van der Waals surface area contributed by atoms with Gasteiger partial charge in [-0.15, -0.1) is 0 Å². The number of nitrogens with zero attached hydrogens (tertiary/aromatic N) is 4. The maximum absolute atomic E-state index is 6.49. The van der Waals surface area contributed by atoms with Crippen LogP contribution in [0.1, 0.15) is 32.8 Å². The van der Waals surface area contributed by atoms with Gasteiger partial charge in [0.25, 0.3) is 0 Å². The maximum atomic E-state index is 6.49. The number of para-hydroxylation sites is 2. The minimum Gasteiger partial charge on any atom is -0.458 e. The van der Waals surface area contributed by atoms with Crippen LogP contribution in [0.25, 0.3) is 27.6 Å². The normalized spacial score (nSPS) is 13.9. The molecule has 0 aliphatic carbocycles. The molecule has 0 saturated carbocycles. The summed E-state index contributed by atoms with van der Waals surface area (Å²) >= 11 is 0. The van der Waals surface area contributed by atoms with Gasteiger partial charge in [0.2, 0.25) is 6.34 Å². The molecule has 0 fully saturated rings. The molecule has 42 heavy (non-hydrogen) atoms. The van der Waals surface area contributed by atoms with Crippen LogP contribution in [-0.2, 0) is 5.41 Å². The van der Waals surface area contributed by atoms with Crippen LogP contribution in [0.15, 0.2) is 115 Å². The summed E-state index contributed by atoms with van der Waals surface area (Å²) in [5, 5.41) is 2.37. The monoisotopic (exact) mass is 550 g/mol. The Labute approximate surface area is 246 Å². The average molecular weight is 551 g/mol. The lowest BCUT2D eigenvalue weighted by molar-refractivity contribution is -0.440. The number of aromatic nitrogens is 2. The second-order valence-electron chi connectivity index (χ2n) is 11.9. The van der Waals surface area contributed by atoms with Crippen molar-refractivity contribution in [2.45, 2.75) is 32.6 Å². The molecule has 1 aliphatic rings. The minimum absolute atomic E-state index is 0.0249. The summed E-state index contributed by atoms with van der Waals surface area (Å²) in [5.41, 5.74) is 5.69. The smallest absolute Gasteiger partial charge is 0.206 e. The van der Waals surface area contributed by atoms with Crippen LogP contribution in [-0.4, -0.2) is 33.6 Å². The number of ether oxygens (including phenoxy) is 1. The van der Waals surface area contributed by atoms with E-state index in [4.69, 9.17) is 9.72 Å². The van der Waals surface area contributed by atoms with Gasteiger partial charge in [0.1, 0.15) is 17.3 Å². The largest absolute Gasteiger partial charge is 0.458 e. The van der Waals surface area contributed by atoms with Gasteiger partial charge in [-0.25, -0.2) is 4.98 Å². The predicted octanol–water partition coefficient (Wildman–Crippen LogP) is 8.73. The van der Waals surface area contributed by atoms with Crippen LogP contribution in [0.5, 0.6) is 11.5 Å². The second kappa shape index (κ2) is 10.5. The molecule has 1 aliphatic heterocycles. The maximum Gasteiger partial charge on any atom is 0.206 e. The Morgan fingerprint density at radius 2 is 1.55 bits per heavy atom. The molecule has 0 amide bonds. The highest BCUT2D eigenvalue weighted by Crippen LogP contribution is 2.36. The van der Waals surface area contributed by atoms with Crippen molar-refractivity contribution in [1.82, 2.24) is 9.55 Å². The first kappa shape index (κ1) is 26.0. The van der Waals surface area contributed by atoms with Gasteiger partial charge in [0.15, 0.2) is 0 Å². The van der Waals surface area contributed by atoms with Crippen LogP contribution in [0.2, 0.25) is 0 Å². The third-order valence-electron chi connectivity index (χ3n) is 7.92. The van der Waals surface area contributed by atoms with Crippen LogP contribution in [0, 0.1) is 0 Å². The van der Waals surface area contributed by atoms with Gasteiger partial charge < -0.3 is 14.2 Å².